The van der Waals surface area contributed by atoms with Crippen LogP contribution in [0.4, 0.5) is 11.4 Å². The summed E-state index contributed by atoms with van der Waals surface area (Å²) in [4.78, 5) is 27.7. The normalized spacial score (nSPS) is 15.6. The standard InChI is InChI=1S/C14H19ClN4O3/c15-11-9-10(16)1-2-12(11)17-13(21)14(22)19-5-3-18(4-6-19)7-8-20/h1-2,9,20H,3-8,16H2,(H,17,21). The third-order valence-electron chi connectivity index (χ3n) is 3.51. The number of nitrogen functional groups attached to an aromatic ring is 1. The van der Waals surface area contributed by atoms with Gasteiger partial charge in [0.2, 0.25) is 0 Å². The maximum absolute atomic E-state index is 12.1. The van der Waals surface area contributed by atoms with Crippen LogP contribution in [0.2, 0.25) is 5.02 Å². The fourth-order valence-electron chi connectivity index (χ4n) is 2.27. The third kappa shape index (κ3) is 4.09. The summed E-state index contributed by atoms with van der Waals surface area (Å²) in [7, 11) is 0. The number of benzene rings is 1. The Hall–Kier alpha value is -1.83. The van der Waals surface area contributed by atoms with Crippen molar-refractivity contribution in [1.29, 1.82) is 0 Å². The number of hydrogen-bond acceptors (Lipinski definition) is 5. The highest BCUT2D eigenvalue weighted by Crippen LogP contribution is 2.24. The van der Waals surface area contributed by atoms with Gasteiger partial charge in [-0.2, -0.15) is 0 Å². The molecule has 22 heavy (non-hydrogen) atoms. The van der Waals surface area contributed by atoms with Gasteiger partial charge in [-0.3, -0.25) is 14.5 Å². The van der Waals surface area contributed by atoms with E-state index in [9.17, 15) is 9.59 Å². The summed E-state index contributed by atoms with van der Waals surface area (Å²) in [5, 5.41) is 11.7. The highest BCUT2D eigenvalue weighted by molar-refractivity contribution is 6.41. The number of β-amino-alcohol motifs (C(OH)–C–C–N with tert-alkyl or cyclic N) is 1. The van der Waals surface area contributed by atoms with Crippen molar-refractivity contribution in [2.75, 3.05) is 50.4 Å². The lowest BCUT2D eigenvalue weighted by atomic mass is 10.2. The Morgan fingerprint density at radius 3 is 2.55 bits per heavy atom. The SMILES string of the molecule is Nc1ccc(NC(=O)C(=O)N2CCN(CCO)CC2)c(Cl)c1. The quantitative estimate of drug-likeness (QED) is 0.536. The minimum absolute atomic E-state index is 0.0874. The number of hydrogen-bond donors (Lipinski definition) is 3. The molecule has 1 aromatic rings. The summed E-state index contributed by atoms with van der Waals surface area (Å²) in [6.07, 6.45) is 0. The largest absolute Gasteiger partial charge is 0.399 e. The maximum Gasteiger partial charge on any atom is 0.313 e. The van der Waals surface area contributed by atoms with E-state index < -0.39 is 11.8 Å². The van der Waals surface area contributed by atoms with Gasteiger partial charge in [0.25, 0.3) is 0 Å². The molecule has 1 aromatic carbocycles. The molecule has 0 bridgehead atoms. The zero-order valence-electron chi connectivity index (χ0n) is 12.1. The number of aliphatic hydroxyl groups excluding tert-OH is 1. The number of nitrogens with zero attached hydrogens (tertiary/aromatic N) is 2. The van der Waals surface area contributed by atoms with Gasteiger partial charge in [0.1, 0.15) is 0 Å². The average Bonchev–Trinajstić information content (AvgIpc) is 2.50. The Labute approximate surface area is 133 Å². The van der Waals surface area contributed by atoms with Crippen molar-refractivity contribution < 1.29 is 14.7 Å². The van der Waals surface area contributed by atoms with Gasteiger partial charge in [-0.15, -0.1) is 0 Å². The molecular weight excluding hydrogens is 308 g/mol. The first-order valence-corrected chi connectivity index (χ1v) is 7.37. The topological polar surface area (TPSA) is 98.9 Å². The molecule has 1 heterocycles. The molecule has 0 unspecified atom stereocenters. The summed E-state index contributed by atoms with van der Waals surface area (Å²) < 4.78 is 0. The monoisotopic (exact) mass is 326 g/mol. The van der Waals surface area contributed by atoms with Gasteiger partial charge in [0.05, 0.1) is 17.3 Å². The van der Waals surface area contributed by atoms with Crippen molar-refractivity contribution in [3.05, 3.63) is 23.2 Å². The van der Waals surface area contributed by atoms with Gasteiger partial charge in [0.15, 0.2) is 0 Å². The van der Waals surface area contributed by atoms with Crippen molar-refractivity contribution in [2.45, 2.75) is 0 Å². The van der Waals surface area contributed by atoms with Crippen LogP contribution in [-0.4, -0.2) is 66.1 Å². The van der Waals surface area contributed by atoms with Crippen molar-refractivity contribution in [3.8, 4) is 0 Å². The van der Waals surface area contributed by atoms with E-state index in [-0.39, 0.29) is 11.6 Å². The van der Waals surface area contributed by atoms with Gasteiger partial charge in [-0.25, -0.2) is 0 Å². The maximum atomic E-state index is 12.1. The molecule has 120 valence electrons. The van der Waals surface area contributed by atoms with Gasteiger partial charge in [0, 0.05) is 38.4 Å². The number of carbonyl (C=O) groups is 2. The molecule has 0 radical (unpaired) electrons. The number of anilines is 2. The van der Waals surface area contributed by atoms with Crippen LogP contribution < -0.4 is 11.1 Å². The number of amides is 2. The van der Waals surface area contributed by atoms with Crippen LogP contribution in [0.15, 0.2) is 18.2 Å². The molecule has 7 nitrogen and oxygen atoms in total. The predicted octanol–water partition coefficient (Wildman–Crippen LogP) is -0.00280. The molecule has 1 aliphatic heterocycles. The zero-order chi connectivity index (χ0) is 16.1. The average molecular weight is 327 g/mol. The summed E-state index contributed by atoms with van der Waals surface area (Å²) in [5.74, 6) is -1.31. The highest BCUT2D eigenvalue weighted by Gasteiger charge is 2.26. The summed E-state index contributed by atoms with van der Waals surface area (Å²) in [6, 6.07) is 4.66. The van der Waals surface area contributed by atoms with E-state index in [4.69, 9.17) is 22.4 Å². The minimum atomic E-state index is -0.720. The molecule has 2 rings (SSSR count). The van der Waals surface area contributed by atoms with Crippen LogP contribution >= 0.6 is 11.6 Å². The molecule has 0 atom stereocenters. The van der Waals surface area contributed by atoms with Crippen molar-refractivity contribution in [2.24, 2.45) is 0 Å². The van der Waals surface area contributed by atoms with E-state index in [0.29, 0.717) is 44.1 Å². The number of rotatable bonds is 3. The van der Waals surface area contributed by atoms with E-state index in [1.165, 1.54) is 11.0 Å². The molecule has 8 heteroatoms. The summed E-state index contributed by atoms with van der Waals surface area (Å²) in [5.41, 5.74) is 6.41. The van der Waals surface area contributed by atoms with Crippen LogP contribution in [0.3, 0.4) is 0 Å². The van der Waals surface area contributed by atoms with Crippen LogP contribution in [0.25, 0.3) is 0 Å². The first kappa shape index (κ1) is 16.5. The van der Waals surface area contributed by atoms with Crippen molar-refractivity contribution in [1.82, 2.24) is 9.80 Å². The number of nitrogens with one attached hydrogen (secondary N) is 1. The summed E-state index contributed by atoms with van der Waals surface area (Å²) >= 11 is 5.97. The Bertz CT molecular complexity index is 559. The lowest BCUT2D eigenvalue weighted by Gasteiger charge is -2.33. The summed E-state index contributed by atoms with van der Waals surface area (Å²) in [6.45, 7) is 2.87. The smallest absolute Gasteiger partial charge is 0.313 e. The second-order valence-electron chi connectivity index (χ2n) is 5.05. The molecule has 1 aliphatic rings. The van der Waals surface area contributed by atoms with Crippen LogP contribution in [0.5, 0.6) is 0 Å². The van der Waals surface area contributed by atoms with Gasteiger partial charge in [-0.1, -0.05) is 11.6 Å². The number of nitrogens with two attached hydrogens (primary N) is 1. The number of halogens is 1. The Balaban J connectivity index is 1.91. The van der Waals surface area contributed by atoms with E-state index in [1.54, 1.807) is 12.1 Å². The molecule has 0 aliphatic carbocycles. The highest BCUT2D eigenvalue weighted by atomic mass is 35.5. The van der Waals surface area contributed by atoms with E-state index in [0.717, 1.165) is 0 Å². The lowest BCUT2D eigenvalue weighted by Crippen LogP contribution is -2.52. The van der Waals surface area contributed by atoms with E-state index in [2.05, 4.69) is 5.32 Å². The second kappa shape index (κ2) is 7.44. The van der Waals surface area contributed by atoms with Crippen LogP contribution in [0, 0.1) is 0 Å². The Morgan fingerprint density at radius 1 is 1.27 bits per heavy atom. The number of piperazine rings is 1. The van der Waals surface area contributed by atoms with Crippen molar-refractivity contribution >= 4 is 34.8 Å². The zero-order valence-corrected chi connectivity index (χ0v) is 12.8. The van der Waals surface area contributed by atoms with E-state index >= 15 is 0 Å². The third-order valence-corrected chi connectivity index (χ3v) is 3.82. The number of carbonyl (C=O) groups excluding carboxylic acids is 2. The van der Waals surface area contributed by atoms with E-state index in [1.807, 2.05) is 4.90 Å². The number of aliphatic hydroxyl groups is 1. The molecule has 1 saturated heterocycles. The van der Waals surface area contributed by atoms with Gasteiger partial charge < -0.3 is 21.1 Å². The predicted molar refractivity (Wildman–Crippen MR) is 84.6 cm³/mol. The van der Waals surface area contributed by atoms with Crippen LogP contribution in [-0.2, 0) is 9.59 Å². The fraction of sp³-hybridized carbons (Fsp3) is 0.429. The Kier molecular flexibility index (Phi) is 5.59. The lowest BCUT2D eigenvalue weighted by molar-refractivity contribution is -0.144. The molecular formula is C14H19ClN4O3. The molecule has 0 saturated carbocycles. The van der Waals surface area contributed by atoms with Crippen LogP contribution in [0.1, 0.15) is 0 Å². The molecule has 2 amide bonds. The van der Waals surface area contributed by atoms with Gasteiger partial charge in [-0.05, 0) is 18.2 Å². The van der Waals surface area contributed by atoms with Crippen molar-refractivity contribution in [3.63, 3.8) is 0 Å². The van der Waals surface area contributed by atoms with Gasteiger partial charge >= 0.3 is 11.8 Å². The molecule has 4 N–H and O–H groups in total. The molecule has 1 fully saturated rings. The minimum Gasteiger partial charge on any atom is -0.399 e. The molecule has 0 aromatic heterocycles. The second-order valence-corrected chi connectivity index (χ2v) is 5.46. The first-order valence-electron chi connectivity index (χ1n) is 6.99. The molecule has 0 spiro atoms. The first-order chi connectivity index (χ1) is 10.5. The fourth-order valence-corrected chi connectivity index (χ4v) is 2.50. The Morgan fingerprint density at radius 2 is 1.95 bits per heavy atom.